The molecule has 0 atom stereocenters. The number of hydrogen-bond donors (Lipinski definition) is 1. The predicted octanol–water partition coefficient (Wildman–Crippen LogP) is 8.54. The van der Waals surface area contributed by atoms with Gasteiger partial charge in [0.2, 0.25) is 0 Å². The van der Waals surface area contributed by atoms with Gasteiger partial charge in [-0.1, -0.05) is 60.3 Å². The maximum Gasteiger partial charge on any atom is 0.435 e. The van der Waals surface area contributed by atoms with Crippen LogP contribution in [-0.4, -0.2) is 23.2 Å². The smallest absolute Gasteiger partial charge is 0.320 e. The van der Waals surface area contributed by atoms with Gasteiger partial charge in [0.05, 0.1) is 0 Å². The fourth-order valence-electron chi connectivity index (χ4n) is 3.97. The summed E-state index contributed by atoms with van der Waals surface area (Å²) in [6.45, 7) is 2.36. The molecule has 11 heteroatoms. The van der Waals surface area contributed by atoms with Crippen molar-refractivity contribution in [3.8, 4) is 0 Å². The molecule has 0 fully saturated rings. The molecule has 1 N–H and O–H groups in total. The van der Waals surface area contributed by atoms with Crippen molar-refractivity contribution in [2.75, 3.05) is 5.32 Å². The molecule has 0 bridgehead atoms. The van der Waals surface area contributed by atoms with Crippen LogP contribution >= 0.6 is 11.8 Å². The summed E-state index contributed by atoms with van der Waals surface area (Å²) in [6.07, 6.45) is -12.5. The number of pyridine rings is 1. The number of carbonyl (C=O) groups is 1. The number of rotatable bonds is 5. The zero-order valence-corrected chi connectivity index (χ0v) is 20.7. The molecule has 198 valence electrons. The molecule has 0 unspecified atom stereocenters. The maximum atomic E-state index is 14.5. The molecule has 1 amide bonds. The summed E-state index contributed by atoms with van der Waals surface area (Å²) < 4.78 is 93.6. The van der Waals surface area contributed by atoms with E-state index in [0.29, 0.717) is 17.2 Å². The van der Waals surface area contributed by atoms with E-state index in [0.717, 1.165) is 15.7 Å². The minimum Gasteiger partial charge on any atom is -0.320 e. The van der Waals surface area contributed by atoms with Crippen molar-refractivity contribution in [3.63, 3.8) is 0 Å². The number of aryl methyl sites for hydroxylation is 2. The zero-order valence-electron chi connectivity index (χ0n) is 19.8. The quantitative estimate of drug-likeness (QED) is 0.252. The molecular weight excluding hydrogens is 533 g/mol. The maximum absolute atomic E-state index is 14.5. The van der Waals surface area contributed by atoms with Gasteiger partial charge in [-0.3, -0.25) is 4.79 Å². The number of fused-ring (bicyclic) bond motifs is 1. The molecule has 1 aromatic heterocycles. The van der Waals surface area contributed by atoms with Crippen LogP contribution in [0.4, 0.5) is 36.4 Å². The van der Waals surface area contributed by atoms with Crippen LogP contribution in [0.1, 0.15) is 27.2 Å². The second-order valence-corrected chi connectivity index (χ2v) is 9.66. The third-order valence-corrected chi connectivity index (χ3v) is 6.78. The lowest BCUT2D eigenvalue weighted by Crippen LogP contribution is -2.50. The van der Waals surface area contributed by atoms with E-state index in [9.17, 15) is 35.5 Å². The monoisotopic (exact) mass is 552 g/mol. The number of hydrogen-bond acceptors (Lipinski definition) is 3. The number of benzene rings is 3. The highest BCUT2D eigenvalue weighted by Crippen LogP contribution is 2.53. The molecule has 0 saturated carbocycles. The number of alkyl halides is 7. The van der Waals surface area contributed by atoms with Crippen molar-refractivity contribution in [2.45, 2.75) is 41.8 Å². The number of halogens is 7. The number of aromatic nitrogens is 1. The Bertz CT molecular complexity index is 1480. The standard InChI is InChI=1S/C27H19F7N2OS/c1-15-12-19(25(28,26(29,30)31)27(32,33)34)13-16(2)23(15)36-24(37)21-8-5-9-22(35-21)38-20-11-10-17-6-3-4-7-18(17)14-20/h3-14H,1-2H3,(H,36,37). The van der Waals surface area contributed by atoms with Gasteiger partial charge in [0, 0.05) is 16.1 Å². The highest BCUT2D eigenvalue weighted by Gasteiger charge is 2.73. The lowest BCUT2D eigenvalue weighted by Gasteiger charge is -2.31. The third kappa shape index (κ3) is 5.20. The molecule has 4 aromatic rings. The molecule has 0 aliphatic heterocycles. The van der Waals surface area contributed by atoms with Gasteiger partial charge in [0.15, 0.2) is 0 Å². The van der Waals surface area contributed by atoms with E-state index < -0.39 is 29.5 Å². The summed E-state index contributed by atoms with van der Waals surface area (Å²) in [4.78, 5) is 18.1. The summed E-state index contributed by atoms with van der Waals surface area (Å²) >= 11 is 1.31. The molecular formula is C27H19F7N2OS. The zero-order chi connectivity index (χ0) is 27.9. The average Bonchev–Trinajstić information content (AvgIpc) is 2.84. The Kier molecular flexibility index (Phi) is 7.17. The molecule has 4 rings (SSSR count). The Balaban J connectivity index is 1.59. The Morgan fingerprint density at radius 3 is 1.97 bits per heavy atom. The van der Waals surface area contributed by atoms with E-state index in [2.05, 4.69) is 10.3 Å². The lowest BCUT2D eigenvalue weighted by atomic mass is 9.90. The molecule has 1 heterocycles. The van der Waals surface area contributed by atoms with Gasteiger partial charge in [-0.25, -0.2) is 9.37 Å². The highest BCUT2D eigenvalue weighted by atomic mass is 32.2. The van der Waals surface area contributed by atoms with Crippen molar-refractivity contribution in [1.29, 1.82) is 0 Å². The van der Waals surface area contributed by atoms with E-state index in [4.69, 9.17) is 0 Å². The summed E-state index contributed by atoms with van der Waals surface area (Å²) in [7, 11) is 0. The van der Waals surface area contributed by atoms with E-state index in [1.54, 1.807) is 12.1 Å². The molecule has 3 nitrogen and oxygen atoms in total. The van der Waals surface area contributed by atoms with E-state index in [1.165, 1.54) is 31.7 Å². The van der Waals surface area contributed by atoms with Crippen molar-refractivity contribution in [1.82, 2.24) is 4.98 Å². The topological polar surface area (TPSA) is 42.0 Å². The van der Waals surface area contributed by atoms with Crippen LogP contribution in [0.2, 0.25) is 0 Å². The molecule has 0 aliphatic carbocycles. The summed E-state index contributed by atoms with van der Waals surface area (Å²) in [5.41, 5.74) is -7.59. The van der Waals surface area contributed by atoms with Crippen molar-refractivity contribution < 1.29 is 35.5 Å². The van der Waals surface area contributed by atoms with Gasteiger partial charge in [0.25, 0.3) is 5.91 Å². The number of nitrogens with zero attached hydrogens (tertiary/aromatic N) is 1. The number of carbonyl (C=O) groups excluding carboxylic acids is 1. The second kappa shape index (κ2) is 9.94. The minimum atomic E-state index is -6.23. The first-order valence-electron chi connectivity index (χ1n) is 11.1. The van der Waals surface area contributed by atoms with Gasteiger partial charge >= 0.3 is 18.0 Å². The Labute approximate surface area is 217 Å². The lowest BCUT2D eigenvalue weighted by molar-refractivity contribution is -0.348. The minimum absolute atomic E-state index is 0.0240. The fourth-order valence-corrected chi connectivity index (χ4v) is 4.83. The fraction of sp³-hybridized carbons (Fsp3) is 0.185. The second-order valence-electron chi connectivity index (χ2n) is 8.57. The van der Waals surface area contributed by atoms with Crippen LogP contribution in [0.3, 0.4) is 0 Å². The van der Waals surface area contributed by atoms with Crippen LogP contribution < -0.4 is 5.32 Å². The molecule has 0 saturated heterocycles. The summed E-state index contributed by atoms with van der Waals surface area (Å²) in [5.74, 6) is -0.733. The molecule has 0 radical (unpaired) electrons. The first-order valence-corrected chi connectivity index (χ1v) is 11.9. The van der Waals surface area contributed by atoms with Crippen molar-refractivity contribution in [2.24, 2.45) is 0 Å². The van der Waals surface area contributed by atoms with Gasteiger partial charge in [-0.2, -0.15) is 26.3 Å². The third-order valence-electron chi connectivity index (χ3n) is 5.85. The summed E-state index contributed by atoms with van der Waals surface area (Å²) in [6, 6.07) is 19.2. The van der Waals surface area contributed by atoms with Crippen LogP contribution in [0.15, 0.2) is 82.7 Å². The van der Waals surface area contributed by atoms with Gasteiger partial charge in [-0.15, -0.1) is 0 Å². The van der Waals surface area contributed by atoms with Gasteiger partial charge in [0.1, 0.15) is 10.7 Å². The number of nitrogens with one attached hydrogen (secondary N) is 1. The highest BCUT2D eigenvalue weighted by molar-refractivity contribution is 7.99. The van der Waals surface area contributed by atoms with Crippen LogP contribution in [0.5, 0.6) is 0 Å². The predicted molar refractivity (Wildman–Crippen MR) is 131 cm³/mol. The molecule has 0 spiro atoms. The normalized spacial score (nSPS) is 12.6. The van der Waals surface area contributed by atoms with Gasteiger partial charge < -0.3 is 5.32 Å². The average molecular weight is 553 g/mol. The summed E-state index contributed by atoms with van der Waals surface area (Å²) in [5, 5.41) is 5.05. The van der Waals surface area contributed by atoms with Crippen LogP contribution in [0.25, 0.3) is 10.8 Å². The number of amides is 1. The van der Waals surface area contributed by atoms with E-state index >= 15 is 0 Å². The Hall–Kier alpha value is -3.60. The first kappa shape index (κ1) is 27.4. The van der Waals surface area contributed by atoms with Crippen LogP contribution in [0, 0.1) is 13.8 Å². The first-order chi connectivity index (χ1) is 17.7. The van der Waals surface area contributed by atoms with E-state index in [1.807, 2.05) is 42.5 Å². The molecule has 3 aromatic carbocycles. The van der Waals surface area contributed by atoms with Crippen LogP contribution in [-0.2, 0) is 5.67 Å². The molecule has 38 heavy (non-hydrogen) atoms. The number of anilines is 1. The SMILES string of the molecule is Cc1cc(C(F)(C(F)(F)F)C(F)(F)F)cc(C)c1NC(=O)c1cccc(Sc2ccc3ccccc3c2)n1. The van der Waals surface area contributed by atoms with Crippen molar-refractivity contribution in [3.05, 3.63) is 95.2 Å². The molecule has 0 aliphatic rings. The Morgan fingerprint density at radius 2 is 1.37 bits per heavy atom. The van der Waals surface area contributed by atoms with Gasteiger partial charge in [-0.05, 0) is 60.0 Å². The van der Waals surface area contributed by atoms with Crippen molar-refractivity contribution >= 4 is 34.1 Å². The largest absolute Gasteiger partial charge is 0.435 e. The Morgan fingerprint density at radius 1 is 0.763 bits per heavy atom. The van der Waals surface area contributed by atoms with E-state index in [-0.39, 0.29) is 22.5 Å².